The highest BCUT2D eigenvalue weighted by Gasteiger charge is 2.33. The third kappa shape index (κ3) is 5.76. The van der Waals surface area contributed by atoms with Gasteiger partial charge in [0.05, 0.1) is 0 Å². The van der Waals surface area contributed by atoms with E-state index < -0.39 is 17.7 Å². The Morgan fingerprint density at radius 1 is 1.08 bits per heavy atom. The number of benzene rings is 1. The molecule has 1 N–H and O–H groups in total. The molecule has 0 saturated carbocycles. The summed E-state index contributed by atoms with van der Waals surface area (Å²) in [5.74, 6) is -0.141. The Morgan fingerprint density at radius 2 is 1.72 bits per heavy atom. The normalized spacial score (nSPS) is 18.4. The average molecular weight is 346 g/mol. The van der Waals surface area contributed by atoms with Gasteiger partial charge < -0.3 is 10.1 Å². The van der Waals surface area contributed by atoms with Gasteiger partial charge in [-0.1, -0.05) is 18.9 Å². The quantitative estimate of drug-likeness (QED) is 0.862. The van der Waals surface area contributed by atoms with E-state index in [9.17, 15) is 9.59 Å². The molecule has 0 aliphatic carbocycles. The zero-order valence-corrected chi connectivity index (χ0v) is 16.0. The van der Waals surface area contributed by atoms with Crippen molar-refractivity contribution in [3.8, 4) is 0 Å². The summed E-state index contributed by atoms with van der Waals surface area (Å²) < 4.78 is 5.51. The standard InChI is InChI=1S/C20H30N2O3/c1-14-11-15(2)13-16(12-14)21-18(23)17-9-7-6-8-10-22(17)19(24)25-20(3,4)5/h11-13,17H,6-10H2,1-5H3,(H,21,23)/t17-/m0/s1. The highest BCUT2D eigenvalue weighted by molar-refractivity contribution is 5.96. The first-order chi connectivity index (χ1) is 11.7. The topological polar surface area (TPSA) is 58.6 Å². The van der Waals surface area contributed by atoms with Gasteiger partial charge in [-0.05, 0) is 70.7 Å². The number of hydrogen-bond donors (Lipinski definition) is 1. The molecule has 1 heterocycles. The van der Waals surface area contributed by atoms with Gasteiger partial charge in [0.1, 0.15) is 11.6 Å². The van der Waals surface area contributed by atoms with E-state index in [4.69, 9.17) is 4.74 Å². The molecule has 1 aliphatic rings. The molecule has 1 aliphatic heterocycles. The van der Waals surface area contributed by atoms with Gasteiger partial charge in [-0.3, -0.25) is 9.69 Å². The minimum atomic E-state index is -0.571. The number of nitrogens with one attached hydrogen (secondary N) is 1. The molecule has 25 heavy (non-hydrogen) atoms. The Bertz CT molecular complexity index is 614. The summed E-state index contributed by atoms with van der Waals surface area (Å²) in [7, 11) is 0. The van der Waals surface area contributed by atoms with Crippen LogP contribution in [0.1, 0.15) is 57.6 Å². The van der Waals surface area contributed by atoms with Crippen LogP contribution in [0, 0.1) is 13.8 Å². The second kappa shape index (κ2) is 7.89. The molecule has 1 atom stereocenters. The van der Waals surface area contributed by atoms with Crippen LogP contribution in [0.2, 0.25) is 0 Å². The number of anilines is 1. The van der Waals surface area contributed by atoms with Crippen molar-refractivity contribution < 1.29 is 14.3 Å². The Hall–Kier alpha value is -2.04. The number of likely N-dealkylation sites (tertiary alicyclic amines) is 1. The van der Waals surface area contributed by atoms with Crippen LogP contribution in [0.5, 0.6) is 0 Å². The van der Waals surface area contributed by atoms with Crippen molar-refractivity contribution >= 4 is 17.7 Å². The van der Waals surface area contributed by atoms with Gasteiger partial charge in [-0.25, -0.2) is 4.79 Å². The molecule has 0 unspecified atom stereocenters. The van der Waals surface area contributed by atoms with E-state index >= 15 is 0 Å². The van der Waals surface area contributed by atoms with E-state index in [0.29, 0.717) is 13.0 Å². The minimum Gasteiger partial charge on any atom is -0.444 e. The molecule has 0 bridgehead atoms. The molecule has 0 spiro atoms. The van der Waals surface area contributed by atoms with Gasteiger partial charge in [-0.15, -0.1) is 0 Å². The van der Waals surface area contributed by atoms with Crippen LogP contribution in [-0.4, -0.2) is 35.1 Å². The van der Waals surface area contributed by atoms with E-state index in [-0.39, 0.29) is 5.91 Å². The van der Waals surface area contributed by atoms with E-state index in [1.54, 1.807) is 4.90 Å². The van der Waals surface area contributed by atoms with Gasteiger partial charge >= 0.3 is 6.09 Å². The summed E-state index contributed by atoms with van der Waals surface area (Å²) in [5, 5.41) is 2.98. The van der Waals surface area contributed by atoms with Crippen molar-refractivity contribution in [3.63, 3.8) is 0 Å². The highest BCUT2D eigenvalue weighted by Crippen LogP contribution is 2.22. The maximum absolute atomic E-state index is 12.9. The van der Waals surface area contributed by atoms with E-state index in [0.717, 1.165) is 36.1 Å². The van der Waals surface area contributed by atoms with Crippen LogP contribution in [0.25, 0.3) is 0 Å². The number of aryl methyl sites for hydroxylation is 2. The number of rotatable bonds is 2. The van der Waals surface area contributed by atoms with Crippen molar-refractivity contribution in [1.82, 2.24) is 4.90 Å². The minimum absolute atomic E-state index is 0.141. The van der Waals surface area contributed by atoms with Crippen molar-refractivity contribution in [1.29, 1.82) is 0 Å². The SMILES string of the molecule is Cc1cc(C)cc(NC(=O)[C@@H]2CCCCCN2C(=O)OC(C)(C)C)c1. The van der Waals surface area contributed by atoms with Crippen LogP contribution < -0.4 is 5.32 Å². The molecule has 1 saturated heterocycles. The smallest absolute Gasteiger partial charge is 0.410 e. The zero-order chi connectivity index (χ0) is 18.6. The molecule has 1 aromatic rings. The summed E-state index contributed by atoms with van der Waals surface area (Å²) >= 11 is 0. The maximum atomic E-state index is 12.9. The number of hydrogen-bond acceptors (Lipinski definition) is 3. The Balaban J connectivity index is 2.16. The van der Waals surface area contributed by atoms with E-state index in [1.165, 1.54) is 0 Å². The summed E-state index contributed by atoms with van der Waals surface area (Å²) in [6.45, 7) is 10.1. The third-order valence-corrected chi connectivity index (χ3v) is 4.17. The number of nitrogens with zero attached hydrogens (tertiary/aromatic N) is 1. The van der Waals surface area contributed by atoms with Crippen molar-refractivity contribution in [2.75, 3.05) is 11.9 Å². The van der Waals surface area contributed by atoms with Crippen LogP contribution in [0.4, 0.5) is 10.5 Å². The van der Waals surface area contributed by atoms with E-state index in [2.05, 4.69) is 11.4 Å². The Kier molecular flexibility index (Phi) is 6.09. The lowest BCUT2D eigenvalue weighted by molar-refractivity contribution is -0.121. The van der Waals surface area contributed by atoms with Crippen molar-refractivity contribution in [3.05, 3.63) is 29.3 Å². The second-order valence-corrected chi connectivity index (χ2v) is 7.90. The van der Waals surface area contributed by atoms with Crippen molar-refractivity contribution in [2.45, 2.75) is 71.9 Å². The van der Waals surface area contributed by atoms with Crippen LogP contribution in [0.15, 0.2) is 18.2 Å². The van der Waals surface area contributed by atoms with Gasteiger partial charge in [0, 0.05) is 12.2 Å². The lowest BCUT2D eigenvalue weighted by atomic mass is 10.1. The molecule has 2 rings (SSSR count). The largest absolute Gasteiger partial charge is 0.444 e. The average Bonchev–Trinajstić information content (AvgIpc) is 2.69. The number of amides is 2. The van der Waals surface area contributed by atoms with E-state index in [1.807, 2.05) is 46.8 Å². The number of ether oxygens (including phenoxy) is 1. The van der Waals surface area contributed by atoms with Crippen LogP contribution in [0.3, 0.4) is 0 Å². The first-order valence-electron chi connectivity index (χ1n) is 9.04. The summed E-state index contributed by atoms with van der Waals surface area (Å²) in [5.41, 5.74) is 2.40. The predicted molar refractivity (Wildman–Crippen MR) is 99.7 cm³/mol. The lowest BCUT2D eigenvalue weighted by Crippen LogP contribution is -2.48. The molecular formula is C20H30N2O3. The summed E-state index contributed by atoms with van der Waals surface area (Å²) in [4.78, 5) is 27.0. The lowest BCUT2D eigenvalue weighted by Gasteiger charge is -2.31. The molecule has 5 nitrogen and oxygen atoms in total. The first kappa shape index (κ1) is 19.3. The molecule has 2 amide bonds. The van der Waals surface area contributed by atoms with Gasteiger partial charge in [0.2, 0.25) is 5.91 Å². The van der Waals surface area contributed by atoms with Crippen molar-refractivity contribution in [2.24, 2.45) is 0 Å². The first-order valence-corrected chi connectivity index (χ1v) is 9.04. The zero-order valence-electron chi connectivity index (χ0n) is 16.0. The molecule has 1 fully saturated rings. The summed E-state index contributed by atoms with van der Waals surface area (Å²) in [6.07, 6.45) is 3.11. The molecule has 1 aromatic carbocycles. The fourth-order valence-corrected chi connectivity index (χ4v) is 3.19. The molecule has 138 valence electrons. The third-order valence-electron chi connectivity index (χ3n) is 4.17. The van der Waals surface area contributed by atoms with Gasteiger partial charge in [-0.2, -0.15) is 0 Å². The van der Waals surface area contributed by atoms with Gasteiger partial charge in [0.15, 0.2) is 0 Å². The number of carbonyl (C=O) groups is 2. The van der Waals surface area contributed by atoms with Gasteiger partial charge in [0.25, 0.3) is 0 Å². The maximum Gasteiger partial charge on any atom is 0.410 e. The predicted octanol–water partition coefficient (Wildman–Crippen LogP) is 4.42. The monoisotopic (exact) mass is 346 g/mol. The molecular weight excluding hydrogens is 316 g/mol. The molecule has 0 radical (unpaired) electrons. The Morgan fingerprint density at radius 3 is 2.32 bits per heavy atom. The summed E-state index contributed by atoms with van der Waals surface area (Å²) in [6, 6.07) is 5.46. The fraction of sp³-hybridized carbons (Fsp3) is 0.600. The fourth-order valence-electron chi connectivity index (χ4n) is 3.19. The van der Waals surface area contributed by atoms with Crippen LogP contribution in [-0.2, 0) is 9.53 Å². The molecule has 0 aromatic heterocycles. The Labute approximate surface area is 150 Å². The van der Waals surface area contributed by atoms with Crippen LogP contribution >= 0.6 is 0 Å². The second-order valence-electron chi connectivity index (χ2n) is 7.90. The number of carbonyl (C=O) groups excluding carboxylic acids is 2. The highest BCUT2D eigenvalue weighted by atomic mass is 16.6. The molecule has 5 heteroatoms.